The van der Waals surface area contributed by atoms with Crippen molar-refractivity contribution in [3.63, 3.8) is 0 Å². The summed E-state index contributed by atoms with van der Waals surface area (Å²) in [5.41, 5.74) is 4.05. The number of aromatic nitrogens is 2. The quantitative estimate of drug-likeness (QED) is 0.444. The number of carboxylic acid groups (broad SMARTS) is 2. The van der Waals surface area contributed by atoms with Crippen LogP contribution in [0.2, 0.25) is 0 Å². The minimum atomic E-state index is -1.83. The number of aromatic amines is 1. The molecular weight excluding hydrogens is 322 g/mol. The Morgan fingerprint density at radius 3 is 2.26 bits per heavy atom. The molecule has 0 fully saturated rings. The smallest absolute Gasteiger partial charge is 0.450 e. The zero-order valence-corrected chi connectivity index (χ0v) is 13.3. The highest BCUT2D eigenvalue weighted by molar-refractivity contribution is 7.71. The van der Waals surface area contributed by atoms with Crippen LogP contribution in [0.15, 0.2) is 24.3 Å². The lowest BCUT2D eigenvalue weighted by Gasteiger charge is -2.08. The maximum absolute atomic E-state index is 10.6. The third kappa shape index (κ3) is 5.83. The molecule has 0 radical (unpaired) electrons. The van der Waals surface area contributed by atoms with E-state index in [0.29, 0.717) is 11.2 Å². The second-order valence-electron chi connectivity index (χ2n) is 4.61. The molecule has 0 bridgehead atoms. The predicted molar refractivity (Wildman–Crippen MR) is 85.5 cm³/mol. The number of hydrogen-bond acceptors (Lipinski definition) is 5. The maximum atomic E-state index is 10.6. The van der Waals surface area contributed by atoms with E-state index in [1.165, 1.54) is 12.1 Å². The first-order valence-electron chi connectivity index (χ1n) is 6.42. The summed E-state index contributed by atoms with van der Waals surface area (Å²) in [6, 6.07) is 6.55. The molecule has 0 spiro atoms. The van der Waals surface area contributed by atoms with E-state index in [1.54, 1.807) is 12.1 Å². The molecule has 0 aliphatic heterocycles. The van der Waals surface area contributed by atoms with Gasteiger partial charge in [0.25, 0.3) is 5.69 Å². The van der Waals surface area contributed by atoms with Crippen molar-refractivity contribution in [2.45, 2.75) is 20.3 Å². The van der Waals surface area contributed by atoms with Gasteiger partial charge in [-0.1, -0.05) is 12.1 Å². The van der Waals surface area contributed by atoms with Crippen molar-refractivity contribution in [1.29, 1.82) is 0 Å². The summed E-state index contributed by atoms with van der Waals surface area (Å²) in [6.07, 6.45) is -1.16. The number of H-pyrrole nitrogens is 1. The van der Waals surface area contributed by atoms with E-state index in [2.05, 4.69) is 9.97 Å². The van der Waals surface area contributed by atoms with E-state index in [0.717, 1.165) is 22.5 Å². The van der Waals surface area contributed by atoms with Gasteiger partial charge in [-0.15, -0.1) is 0 Å². The van der Waals surface area contributed by atoms with Crippen molar-refractivity contribution in [1.82, 2.24) is 9.97 Å². The van der Waals surface area contributed by atoms with Gasteiger partial charge in [0.1, 0.15) is 0 Å². The molecule has 0 aliphatic carbocycles. The molecule has 1 aromatic heterocycles. The van der Waals surface area contributed by atoms with E-state index in [4.69, 9.17) is 27.2 Å². The topological polar surface area (TPSA) is 129 Å². The van der Waals surface area contributed by atoms with E-state index >= 15 is 0 Å². The maximum Gasteiger partial charge on any atom is 0.503 e. The van der Waals surface area contributed by atoms with Gasteiger partial charge in [-0.25, -0.2) is 9.78 Å². The number of hydrogen-bond donors (Lipinski definition) is 3. The Morgan fingerprint density at radius 2 is 1.83 bits per heavy atom. The summed E-state index contributed by atoms with van der Waals surface area (Å²) < 4.78 is 0.474. The number of nitrogens with one attached hydrogen (secondary N) is 1. The standard InChI is InChI=1S/C13H13N3O2S.CH2O3/c1-8-12(9(2)15-13(19)14-8)7-10-3-5-11(6-4-10)16(17)18;2-1(3)4/h3-6H,7H2,1-2H3,(H,14,15,19);(H2,2,3,4). The van der Waals surface area contributed by atoms with E-state index in [1.807, 2.05) is 13.8 Å². The fourth-order valence-electron chi connectivity index (χ4n) is 1.96. The lowest BCUT2D eigenvalue weighted by molar-refractivity contribution is -0.384. The summed E-state index contributed by atoms with van der Waals surface area (Å²) in [5, 5.41) is 24.5. The van der Waals surface area contributed by atoms with Crippen molar-refractivity contribution >= 4 is 24.1 Å². The molecule has 0 aliphatic rings. The molecule has 0 unspecified atom stereocenters. The Hall–Kier alpha value is -2.81. The highest BCUT2D eigenvalue weighted by Gasteiger charge is 2.08. The van der Waals surface area contributed by atoms with Crippen LogP contribution in [0.1, 0.15) is 22.5 Å². The van der Waals surface area contributed by atoms with Crippen molar-refractivity contribution in [2.75, 3.05) is 0 Å². The Bertz CT molecular complexity index is 741. The first-order valence-corrected chi connectivity index (χ1v) is 6.83. The number of rotatable bonds is 3. The van der Waals surface area contributed by atoms with Gasteiger partial charge in [0, 0.05) is 29.9 Å². The molecule has 9 heteroatoms. The predicted octanol–water partition coefficient (Wildman–Crippen LogP) is 3.48. The Labute approximate surface area is 136 Å². The van der Waals surface area contributed by atoms with Crippen LogP contribution in [0.3, 0.4) is 0 Å². The van der Waals surface area contributed by atoms with E-state index in [-0.39, 0.29) is 5.69 Å². The fraction of sp³-hybridized carbons (Fsp3) is 0.214. The Balaban J connectivity index is 0.000000593. The van der Waals surface area contributed by atoms with Crippen LogP contribution in [-0.4, -0.2) is 31.3 Å². The average Bonchev–Trinajstić information content (AvgIpc) is 2.42. The largest absolute Gasteiger partial charge is 0.503 e. The van der Waals surface area contributed by atoms with Crippen molar-refractivity contribution in [2.24, 2.45) is 0 Å². The highest BCUT2D eigenvalue weighted by atomic mass is 32.1. The molecule has 1 heterocycles. The number of benzene rings is 1. The number of aryl methyl sites for hydroxylation is 2. The third-order valence-corrected chi connectivity index (χ3v) is 3.17. The zero-order valence-electron chi connectivity index (χ0n) is 12.4. The SMILES string of the molecule is Cc1nc(=S)[nH]c(C)c1Cc1ccc([N+](=O)[O-])cc1.O=C(O)O. The molecular formula is C14H15N3O5S. The molecule has 23 heavy (non-hydrogen) atoms. The molecule has 1 aromatic carbocycles. The van der Waals surface area contributed by atoms with Crippen LogP contribution in [0, 0.1) is 28.7 Å². The van der Waals surface area contributed by atoms with Gasteiger partial charge >= 0.3 is 6.16 Å². The van der Waals surface area contributed by atoms with Gasteiger partial charge in [-0.2, -0.15) is 0 Å². The van der Waals surface area contributed by atoms with Gasteiger partial charge < -0.3 is 15.2 Å². The molecule has 0 saturated carbocycles. The van der Waals surface area contributed by atoms with Crippen LogP contribution in [0.25, 0.3) is 0 Å². The lowest BCUT2D eigenvalue weighted by Crippen LogP contribution is -2.01. The monoisotopic (exact) mass is 337 g/mol. The summed E-state index contributed by atoms with van der Waals surface area (Å²) >= 11 is 5.02. The number of nitrogens with zero attached hydrogens (tertiary/aromatic N) is 2. The third-order valence-electron chi connectivity index (χ3n) is 2.98. The van der Waals surface area contributed by atoms with Crippen LogP contribution >= 0.6 is 12.2 Å². The Morgan fingerprint density at radius 1 is 1.30 bits per heavy atom. The van der Waals surface area contributed by atoms with Gasteiger partial charge in [-0.3, -0.25) is 10.1 Å². The highest BCUT2D eigenvalue weighted by Crippen LogP contribution is 2.18. The summed E-state index contributed by atoms with van der Waals surface area (Å²) in [6.45, 7) is 3.86. The number of non-ortho nitro benzene ring substituents is 1. The van der Waals surface area contributed by atoms with Crippen LogP contribution in [-0.2, 0) is 6.42 Å². The first-order chi connectivity index (χ1) is 10.7. The molecule has 0 atom stereocenters. The van der Waals surface area contributed by atoms with Gasteiger partial charge in [0.05, 0.1) is 4.92 Å². The van der Waals surface area contributed by atoms with Crippen LogP contribution in [0.4, 0.5) is 10.5 Å². The Kier molecular flexibility index (Phi) is 6.34. The normalized spacial score (nSPS) is 9.65. The average molecular weight is 337 g/mol. The van der Waals surface area contributed by atoms with Gasteiger partial charge in [0.2, 0.25) is 0 Å². The summed E-state index contributed by atoms with van der Waals surface area (Å²) in [7, 11) is 0. The first kappa shape index (κ1) is 18.2. The second-order valence-corrected chi connectivity index (χ2v) is 5.00. The number of nitro benzene ring substituents is 1. The van der Waals surface area contributed by atoms with Crippen LogP contribution in [0.5, 0.6) is 0 Å². The molecule has 2 rings (SSSR count). The van der Waals surface area contributed by atoms with Crippen molar-refractivity contribution in [3.8, 4) is 0 Å². The summed E-state index contributed by atoms with van der Waals surface area (Å²) in [5.74, 6) is 0. The molecule has 0 saturated heterocycles. The lowest BCUT2D eigenvalue weighted by atomic mass is 10.0. The molecule has 3 N–H and O–H groups in total. The van der Waals surface area contributed by atoms with E-state index < -0.39 is 11.1 Å². The van der Waals surface area contributed by atoms with Gasteiger partial charge in [-0.05, 0) is 37.2 Å². The molecule has 2 aromatic rings. The zero-order chi connectivity index (χ0) is 17.6. The summed E-state index contributed by atoms with van der Waals surface area (Å²) in [4.78, 5) is 26.0. The van der Waals surface area contributed by atoms with E-state index in [9.17, 15) is 10.1 Å². The second kappa shape index (κ2) is 7.99. The fourth-order valence-corrected chi connectivity index (χ4v) is 2.25. The van der Waals surface area contributed by atoms with Crippen molar-refractivity contribution in [3.05, 3.63) is 61.7 Å². The van der Waals surface area contributed by atoms with Crippen LogP contribution < -0.4 is 0 Å². The minimum absolute atomic E-state index is 0.0998. The molecule has 8 nitrogen and oxygen atoms in total. The molecule has 122 valence electrons. The number of carbonyl (C=O) groups is 1. The van der Waals surface area contributed by atoms with Crippen molar-refractivity contribution < 1.29 is 19.9 Å². The number of nitro groups is 1. The van der Waals surface area contributed by atoms with Gasteiger partial charge in [0.15, 0.2) is 4.77 Å². The molecule has 0 amide bonds. The minimum Gasteiger partial charge on any atom is -0.450 e.